The van der Waals surface area contributed by atoms with E-state index >= 15 is 0 Å². The van der Waals surface area contributed by atoms with Crippen LogP contribution in [0.15, 0.2) is 35.3 Å². The minimum Gasteiger partial charge on any atom is -0.381 e. The first-order valence-electron chi connectivity index (χ1n) is 14.3. The predicted octanol–water partition coefficient (Wildman–Crippen LogP) is 4.45. The molecule has 44 heavy (non-hydrogen) atoms. The number of aryl methyl sites for hydroxylation is 1. The second kappa shape index (κ2) is 12.3. The maximum Gasteiger partial charge on any atom is 0.285 e. The molecule has 0 saturated heterocycles. The smallest absolute Gasteiger partial charge is 0.285 e. The Morgan fingerprint density at radius 2 is 1.84 bits per heavy atom. The lowest BCUT2D eigenvalue weighted by Gasteiger charge is -2.28. The zero-order chi connectivity index (χ0) is 31.9. The number of anilines is 1. The quantitative estimate of drug-likeness (QED) is 0.266. The number of ether oxygens (including phenoxy) is 1. The molecule has 3 aromatic heterocycles. The van der Waals surface area contributed by atoms with Crippen LogP contribution < -0.4 is 15.6 Å². The summed E-state index contributed by atoms with van der Waals surface area (Å²) >= 11 is 6.04. The van der Waals surface area contributed by atoms with E-state index in [-0.39, 0.29) is 34.2 Å². The van der Waals surface area contributed by atoms with Crippen LogP contribution in [0.3, 0.4) is 0 Å². The molecular formula is C30H36ClN7O5S. The van der Waals surface area contributed by atoms with Crippen LogP contribution in [0.25, 0.3) is 22.3 Å². The number of pyridine rings is 1. The number of sulfonamides is 1. The number of carbonyl (C=O) groups is 1. The van der Waals surface area contributed by atoms with Gasteiger partial charge in [-0.2, -0.15) is 5.10 Å². The first kappa shape index (κ1) is 31.6. The summed E-state index contributed by atoms with van der Waals surface area (Å²) in [6.45, 7) is 5.75. The van der Waals surface area contributed by atoms with Crippen LogP contribution in [0.2, 0.25) is 5.15 Å². The van der Waals surface area contributed by atoms with Crippen molar-refractivity contribution in [2.24, 2.45) is 7.05 Å². The zero-order valence-electron chi connectivity index (χ0n) is 25.5. The maximum absolute atomic E-state index is 13.7. The highest BCUT2D eigenvalue weighted by atomic mass is 35.5. The van der Waals surface area contributed by atoms with Gasteiger partial charge in [0.2, 0.25) is 10.0 Å². The Hall–Kier alpha value is -3.81. The van der Waals surface area contributed by atoms with Crippen molar-refractivity contribution in [2.45, 2.75) is 64.6 Å². The first-order valence-corrected chi connectivity index (χ1v) is 16.6. The zero-order valence-corrected chi connectivity index (χ0v) is 27.1. The maximum atomic E-state index is 13.7. The van der Waals surface area contributed by atoms with Gasteiger partial charge in [-0.05, 0) is 70.2 Å². The molecule has 1 aliphatic carbocycles. The largest absolute Gasteiger partial charge is 0.381 e. The molecule has 1 saturated carbocycles. The Bertz CT molecular complexity index is 1910. The van der Waals surface area contributed by atoms with E-state index < -0.39 is 22.0 Å². The molecule has 14 heteroatoms. The molecule has 234 valence electrons. The fourth-order valence-electron chi connectivity index (χ4n) is 5.91. The number of amides is 1. The summed E-state index contributed by atoms with van der Waals surface area (Å²) in [5, 5.41) is 8.44. The minimum absolute atomic E-state index is 0.0281. The van der Waals surface area contributed by atoms with Gasteiger partial charge < -0.3 is 10.1 Å². The van der Waals surface area contributed by atoms with Gasteiger partial charge in [0, 0.05) is 25.4 Å². The van der Waals surface area contributed by atoms with Crippen LogP contribution in [0.1, 0.15) is 72.0 Å². The summed E-state index contributed by atoms with van der Waals surface area (Å²) in [4.78, 5) is 35.6. The second-order valence-electron chi connectivity index (χ2n) is 11.4. The van der Waals surface area contributed by atoms with Gasteiger partial charge in [0.15, 0.2) is 5.69 Å². The Morgan fingerprint density at radius 3 is 2.50 bits per heavy atom. The van der Waals surface area contributed by atoms with Crippen LogP contribution >= 0.6 is 11.6 Å². The van der Waals surface area contributed by atoms with Crippen LogP contribution in [0, 0.1) is 13.8 Å². The highest BCUT2D eigenvalue weighted by molar-refractivity contribution is 7.89. The number of halogens is 1. The topological polar surface area (TPSA) is 150 Å². The number of hydrogen-bond donors (Lipinski definition) is 2. The predicted molar refractivity (Wildman–Crippen MR) is 170 cm³/mol. The van der Waals surface area contributed by atoms with Gasteiger partial charge in [0.25, 0.3) is 11.5 Å². The monoisotopic (exact) mass is 641 g/mol. The van der Waals surface area contributed by atoms with E-state index in [0.717, 1.165) is 48.8 Å². The van der Waals surface area contributed by atoms with Gasteiger partial charge in [-0.15, -0.1) is 0 Å². The van der Waals surface area contributed by atoms with Crippen LogP contribution in [-0.4, -0.2) is 58.1 Å². The SMILES string of the molecule is COC1CCC(n2ncc(-c3nc4c([C@@H](C)Nc5ccc(Cl)nc5C(=O)NS(C)(=O)=O)cc(C)cc4c(=O)n3C)c2C)CC1. The molecule has 1 amide bonds. The van der Waals surface area contributed by atoms with Gasteiger partial charge in [0.1, 0.15) is 11.0 Å². The fraction of sp³-hybridized carbons (Fsp3) is 0.433. The minimum atomic E-state index is -3.84. The van der Waals surface area contributed by atoms with Crippen molar-refractivity contribution in [1.82, 2.24) is 29.0 Å². The van der Waals surface area contributed by atoms with Crippen LogP contribution in [-0.2, 0) is 21.8 Å². The number of benzene rings is 1. The summed E-state index contributed by atoms with van der Waals surface area (Å²) in [5.74, 6) is -0.424. The van der Waals surface area contributed by atoms with Crippen LogP contribution in [0.4, 0.5) is 5.69 Å². The van der Waals surface area contributed by atoms with Gasteiger partial charge in [-0.25, -0.2) is 23.1 Å². The molecule has 1 fully saturated rings. The lowest BCUT2D eigenvalue weighted by atomic mass is 9.93. The lowest BCUT2D eigenvalue weighted by molar-refractivity contribution is 0.0565. The molecular weight excluding hydrogens is 606 g/mol. The average molecular weight is 642 g/mol. The summed E-state index contributed by atoms with van der Waals surface area (Å²) < 4.78 is 34.5. The average Bonchev–Trinajstić information content (AvgIpc) is 3.35. The number of methoxy groups -OCH3 is 1. The van der Waals surface area contributed by atoms with Crippen LogP contribution in [0.5, 0.6) is 0 Å². The van der Waals surface area contributed by atoms with Gasteiger partial charge in [-0.3, -0.25) is 18.8 Å². The van der Waals surface area contributed by atoms with E-state index in [1.54, 1.807) is 31.0 Å². The van der Waals surface area contributed by atoms with E-state index in [1.807, 2.05) is 42.3 Å². The first-order chi connectivity index (χ1) is 20.8. The molecule has 1 aromatic carbocycles. The number of hydrogen-bond acceptors (Lipinski definition) is 9. The molecule has 5 rings (SSSR count). The molecule has 2 N–H and O–H groups in total. The molecule has 0 unspecified atom stereocenters. The van der Waals surface area contributed by atoms with Crippen molar-refractivity contribution in [2.75, 3.05) is 18.7 Å². The highest BCUT2D eigenvalue weighted by Crippen LogP contribution is 2.34. The van der Waals surface area contributed by atoms with Crippen molar-refractivity contribution < 1.29 is 17.9 Å². The molecule has 0 bridgehead atoms. The van der Waals surface area contributed by atoms with Crippen molar-refractivity contribution in [1.29, 1.82) is 0 Å². The molecule has 4 aromatic rings. The number of fused-ring (bicyclic) bond motifs is 1. The molecule has 1 atom stereocenters. The third kappa shape index (κ3) is 6.35. The summed E-state index contributed by atoms with van der Waals surface area (Å²) in [6.07, 6.45) is 6.78. The molecule has 0 spiro atoms. The van der Waals surface area contributed by atoms with E-state index in [2.05, 4.69) is 10.3 Å². The van der Waals surface area contributed by atoms with E-state index in [1.165, 1.54) is 6.07 Å². The Balaban J connectivity index is 1.56. The number of aromatic nitrogens is 5. The summed E-state index contributed by atoms with van der Waals surface area (Å²) in [5.41, 5.74) is 3.66. The Morgan fingerprint density at radius 1 is 1.14 bits per heavy atom. The molecule has 3 heterocycles. The van der Waals surface area contributed by atoms with Gasteiger partial charge >= 0.3 is 0 Å². The highest BCUT2D eigenvalue weighted by Gasteiger charge is 2.26. The standard InChI is InChI=1S/C30H36ClN7O5S/c1-16-13-21(17(2)33-24-11-12-25(31)34-27(24)29(39)36-44(6,41)42)26-22(14-16)30(40)37(4)28(35-26)23-15-32-38(18(23)3)19-7-9-20(43-5)10-8-19/h11-15,17,19-20,33H,7-10H2,1-6H3,(H,36,39)/t17-,19?,20?/m1/s1. The van der Waals surface area contributed by atoms with Crippen molar-refractivity contribution >= 4 is 44.1 Å². The fourth-order valence-corrected chi connectivity index (χ4v) is 6.49. The number of nitrogens with one attached hydrogen (secondary N) is 2. The third-order valence-electron chi connectivity index (χ3n) is 8.16. The molecule has 0 aliphatic heterocycles. The van der Waals surface area contributed by atoms with Gasteiger partial charge in [-0.1, -0.05) is 17.7 Å². The van der Waals surface area contributed by atoms with Crippen molar-refractivity contribution in [3.8, 4) is 11.4 Å². The van der Waals surface area contributed by atoms with Crippen molar-refractivity contribution in [3.63, 3.8) is 0 Å². The second-order valence-corrected chi connectivity index (χ2v) is 13.5. The Kier molecular flexibility index (Phi) is 8.83. The summed E-state index contributed by atoms with van der Waals surface area (Å²) in [7, 11) is -0.379. The molecule has 1 aliphatic rings. The normalized spacial score (nSPS) is 17.9. The Labute approximate surface area is 260 Å². The molecule has 0 radical (unpaired) electrons. The van der Waals surface area contributed by atoms with Gasteiger partial charge in [0.05, 0.1) is 52.8 Å². The molecule has 12 nitrogen and oxygen atoms in total. The van der Waals surface area contributed by atoms with E-state index in [0.29, 0.717) is 22.3 Å². The third-order valence-corrected chi connectivity index (χ3v) is 8.92. The number of carbonyl (C=O) groups excluding carboxylic acids is 1. The number of nitrogens with zero attached hydrogens (tertiary/aromatic N) is 5. The number of rotatable bonds is 8. The van der Waals surface area contributed by atoms with Crippen molar-refractivity contribution in [3.05, 3.63) is 68.5 Å². The van der Waals surface area contributed by atoms with E-state index in [4.69, 9.17) is 26.4 Å². The lowest BCUT2D eigenvalue weighted by Crippen LogP contribution is -2.31. The summed E-state index contributed by atoms with van der Waals surface area (Å²) in [6, 6.07) is 6.56. The van der Waals surface area contributed by atoms with E-state index in [9.17, 15) is 18.0 Å².